The van der Waals surface area contributed by atoms with E-state index in [9.17, 15) is 0 Å². The maximum atomic E-state index is 6.34. The van der Waals surface area contributed by atoms with Crippen LogP contribution < -0.4 is 10.6 Å². The summed E-state index contributed by atoms with van der Waals surface area (Å²) in [6, 6.07) is 11.6. The number of thiophene rings is 1. The van der Waals surface area contributed by atoms with Gasteiger partial charge in [-0.25, -0.2) is 0 Å². The Morgan fingerprint density at radius 2 is 1.87 bits per heavy atom. The van der Waals surface area contributed by atoms with Crippen molar-refractivity contribution in [3.63, 3.8) is 0 Å². The Morgan fingerprint density at radius 3 is 2.48 bits per heavy atom. The van der Waals surface area contributed by atoms with Crippen LogP contribution in [-0.4, -0.2) is 19.1 Å². The van der Waals surface area contributed by atoms with Gasteiger partial charge in [-0.2, -0.15) is 11.3 Å². The highest BCUT2D eigenvalue weighted by Crippen LogP contribution is 2.28. The van der Waals surface area contributed by atoms with Gasteiger partial charge in [0.2, 0.25) is 0 Å². The molecule has 2 atom stereocenters. The predicted octanol–water partition coefficient (Wildman–Crippen LogP) is 4.44. The first-order valence-corrected chi connectivity index (χ1v) is 9.48. The van der Waals surface area contributed by atoms with Gasteiger partial charge < -0.3 is 10.6 Å². The largest absolute Gasteiger partial charge is 0.370 e. The number of benzene rings is 1. The van der Waals surface area contributed by atoms with Crippen molar-refractivity contribution in [2.45, 2.75) is 45.1 Å². The maximum Gasteiger partial charge on any atom is 0.0367 e. The summed E-state index contributed by atoms with van der Waals surface area (Å²) in [5.41, 5.74) is 10.7. The molecular weight excluding hydrogens is 300 g/mol. The molecule has 1 aromatic heterocycles. The fourth-order valence-electron chi connectivity index (χ4n) is 3.52. The number of nitrogens with zero attached hydrogens (tertiary/aromatic N) is 1. The van der Waals surface area contributed by atoms with Gasteiger partial charge in [0.05, 0.1) is 0 Å². The topological polar surface area (TPSA) is 29.3 Å². The highest BCUT2D eigenvalue weighted by atomic mass is 32.1. The lowest BCUT2D eigenvalue weighted by molar-refractivity contribution is 0.375. The van der Waals surface area contributed by atoms with Crippen LogP contribution in [0.1, 0.15) is 38.3 Å². The van der Waals surface area contributed by atoms with Gasteiger partial charge in [-0.1, -0.05) is 32.9 Å². The summed E-state index contributed by atoms with van der Waals surface area (Å²) in [6.07, 6.45) is 2.28. The van der Waals surface area contributed by atoms with Crippen molar-refractivity contribution < 1.29 is 0 Å². The van der Waals surface area contributed by atoms with Crippen LogP contribution in [0.15, 0.2) is 41.1 Å². The van der Waals surface area contributed by atoms with E-state index in [4.69, 9.17) is 5.73 Å². The lowest BCUT2D eigenvalue weighted by Gasteiger charge is -2.38. The standard InChI is InChI=1S/C20H28N2S/c1-20(2,3)17-4-6-19(7-5-17)22-12-16(11-18(21)13-22)10-15-8-9-23-14-15/h4-9,14,16,18H,10-13,21H2,1-3H3. The highest BCUT2D eigenvalue weighted by molar-refractivity contribution is 7.07. The van der Waals surface area contributed by atoms with E-state index >= 15 is 0 Å². The molecule has 2 unspecified atom stereocenters. The first-order chi connectivity index (χ1) is 10.9. The van der Waals surface area contributed by atoms with E-state index in [0.29, 0.717) is 5.92 Å². The Hall–Kier alpha value is -1.32. The van der Waals surface area contributed by atoms with Crippen molar-refractivity contribution in [1.82, 2.24) is 0 Å². The van der Waals surface area contributed by atoms with Crippen LogP contribution in [0.3, 0.4) is 0 Å². The lowest BCUT2D eigenvalue weighted by atomic mass is 9.86. The Labute approximate surface area is 144 Å². The molecular formula is C20H28N2S. The van der Waals surface area contributed by atoms with Crippen LogP contribution in [-0.2, 0) is 11.8 Å². The molecule has 1 aliphatic heterocycles. The first kappa shape index (κ1) is 16.5. The second-order valence-electron chi connectivity index (χ2n) is 7.90. The molecule has 124 valence electrons. The molecule has 2 aromatic rings. The van der Waals surface area contributed by atoms with Crippen molar-refractivity contribution >= 4 is 17.0 Å². The van der Waals surface area contributed by atoms with Crippen molar-refractivity contribution in [2.24, 2.45) is 11.7 Å². The molecule has 0 saturated carbocycles. The quantitative estimate of drug-likeness (QED) is 0.902. The molecule has 2 N–H and O–H groups in total. The normalized spacial score (nSPS) is 22.3. The fourth-order valence-corrected chi connectivity index (χ4v) is 4.20. The monoisotopic (exact) mass is 328 g/mol. The zero-order valence-electron chi connectivity index (χ0n) is 14.5. The zero-order chi connectivity index (χ0) is 16.4. The van der Waals surface area contributed by atoms with E-state index < -0.39 is 0 Å². The van der Waals surface area contributed by atoms with Crippen LogP contribution in [0, 0.1) is 5.92 Å². The number of hydrogen-bond donors (Lipinski definition) is 1. The summed E-state index contributed by atoms with van der Waals surface area (Å²) in [4.78, 5) is 2.47. The van der Waals surface area contributed by atoms with Crippen molar-refractivity contribution in [3.05, 3.63) is 52.2 Å². The minimum absolute atomic E-state index is 0.207. The van der Waals surface area contributed by atoms with E-state index in [1.165, 1.54) is 16.8 Å². The van der Waals surface area contributed by atoms with Crippen LogP contribution >= 0.6 is 11.3 Å². The molecule has 0 radical (unpaired) electrons. The summed E-state index contributed by atoms with van der Waals surface area (Å²) in [7, 11) is 0. The van der Waals surface area contributed by atoms with E-state index in [1.54, 1.807) is 11.3 Å². The van der Waals surface area contributed by atoms with Gasteiger partial charge in [0.1, 0.15) is 0 Å². The molecule has 0 bridgehead atoms. The van der Waals surface area contributed by atoms with Gasteiger partial charge in [0, 0.05) is 24.8 Å². The Bertz CT molecular complexity index is 610. The van der Waals surface area contributed by atoms with Crippen molar-refractivity contribution in [1.29, 1.82) is 0 Å². The second kappa shape index (κ2) is 6.66. The van der Waals surface area contributed by atoms with E-state index in [-0.39, 0.29) is 11.5 Å². The number of rotatable bonds is 3. The lowest BCUT2D eigenvalue weighted by Crippen LogP contribution is -2.47. The summed E-state index contributed by atoms with van der Waals surface area (Å²) in [6.45, 7) is 8.86. The van der Waals surface area contributed by atoms with Gasteiger partial charge in [-0.3, -0.25) is 0 Å². The number of hydrogen-bond acceptors (Lipinski definition) is 3. The van der Waals surface area contributed by atoms with Gasteiger partial charge in [-0.05, 0) is 64.3 Å². The van der Waals surface area contributed by atoms with Gasteiger partial charge >= 0.3 is 0 Å². The smallest absolute Gasteiger partial charge is 0.0367 e. The SMILES string of the molecule is CC(C)(C)c1ccc(N2CC(N)CC(Cc3ccsc3)C2)cc1. The Morgan fingerprint density at radius 1 is 1.13 bits per heavy atom. The molecule has 1 saturated heterocycles. The van der Waals surface area contributed by atoms with Gasteiger partial charge in [0.15, 0.2) is 0 Å². The molecule has 1 aliphatic rings. The number of anilines is 1. The third-order valence-electron chi connectivity index (χ3n) is 4.77. The third kappa shape index (κ3) is 4.15. The highest BCUT2D eigenvalue weighted by Gasteiger charge is 2.26. The molecule has 23 heavy (non-hydrogen) atoms. The third-order valence-corrected chi connectivity index (χ3v) is 5.50. The molecule has 2 nitrogen and oxygen atoms in total. The fraction of sp³-hybridized carbons (Fsp3) is 0.500. The van der Waals surface area contributed by atoms with Crippen molar-refractivity contribution in [3.8, 4) is 0 Å². The van der Waals surface area contributed by atoms with Crippen LogP contribution in [0.4, 0.5) is 5.69 Å². The Balaban J connectivity index is 1.71. The molecule has 0 aliphatic carbocycles. The molecule has 3 rings (SSSR count). The summed E-state index contributed by atoms with van der Waals surface area (Å²) >= 11 is 1.79. The molecule has 1 fully saturated rings. The van der Waals surface area contributed by atoms with E-state index in [2.05, 4.69) is 66.8 Å². The minimum atomic E-state index is 0.207. The second-order valence-corrected chi connectivity index (χ2v) is 8.68. The molecule has 2 heterocycles. The summed E-state index contributed by atoms with van der Waals surface area (Å²) < 4.78 is 0. The average molecular weight is 329 g/mol. The van der Waals surface area contributed by atoms with Crippen LogP contribution in [0.25, 0.3) is 0 Å². The Kier molecular flexibility index (Phi) is 4.79. The maximum absolute atomic E-state index is 6.34. The van der Waals surface area contributed by atoms with E-state index in [1.807, 2.05) is 0 Å². The van der Waals surface area contributed by atoms with Crippen molar-refractivity contribution in [2.75, 3.05) is 18.0 Å². The number of nitrogens with two attached hydrogens (primary N) is 1. The van der Waals surface area contributed by atoms with Crippen LogP contribution in [0.5, 0.6) is 0 Å². The first-order valence-electron chi connectivity index (χ1n) is 8.54. The summed E-state index contributed by atoms with van der Waals surface area (Å²) in [5.74, 6) is 0.649. The molecule has 0 spiro atoms. The average Bonchev–Trinajstić information content (AvgIpc) is 2.99. The minimum Gasteiger partial charge on any atom is -0.370 e. The predicted molar refractivity (Wildman–Crippen MR) is 101 cm³/mol. The zero-order valence-corrected chi connectivity index (χ0v) is 15.3. The number of piperidine rings is 1. The van der Waals surface area contributed by atoms with E-state index in [0.717, 1.165) is 25.9 Å². The van der Waals surface area contributed by atoms with Crippen LogP contribution in [0.2, 0.25) is 0 Å². The molecule has 0 amide bonds. The summed E-state index contributed by atoms with van der Waals surface area (Å²) in [5, 5.41) is 4.43. The van der Waals surface area contributed by atoms with Gasteiger partial charge in [0.25, 0.3) is 0 Å². The molecule has 1 aromatic carbocycles. The van der Waals surface area contributed by atoms with Gasteiger partial charge in [-0.15, -0.1) is 0 Å². The molecule has 3 heteroatoms.